The van der Waals surface area contributed by atoms with Crippen LogP contribution >= 0.6 is 27.3 Å². The first-order chi connectivity index (χ1) is 8.54. The predicted molar refractivity (Wildman–Crippen MR) is 78.1 cm³/mol. The molecule has 0 atom stereocenters. The van der Waals surface area contributed by atoms with Crippen LogP contribution in [0.4, 0.5) is 5.82 Å². The van der Waals surface area contributed by atoms with Crippen molar-refractivity contribution in [3.8, 4) is 0 Å². The van der Waals surface area contributed by atoms with Gasteiger partial charge >= 0.3 is 0 Å². The number of hydrogen-bond donors (Lipinski definition) is 1. The highest BCUT2D eigenvalue weighted by Gasteiger charge is 2.09. The molecule has 0 radical (unpaired) electrons. The number of aryl methyl sites for hydroxylation is 2. The van der Waals surface area contributed by atoms with Crippen molar-refractivity contribution < 1.29 is 4.79 Å². The number of carbonyl (C=O) groups is 1. The quantitative estimate of drug-likeness (QED) is 0.935. The van der Waals surface area contributed by atoms with E-state index in [1.54, 1.807) is 11.3 Å². The first-order valence-electron chi connectivity index (χ1n) is 5.51. The molecule has 1 amide bonds. The van der Waals surface area contributed by atoms with E-state index in [1.165, 1.54) is 0 Å². The van der Waals surface area contributed by atoms with Gasteiger partial charge in [0.15, 0.2) is 0 Å². The monoisotopic (exact) mass is 324 g/mol. The molecular formula is C13H13BrN2OS. The highest BCUT2D eigenvalue weighted by Crippen LogP contribution is 2.24. The van der Waals surface area contributed by atoms with Gasteiger partial charge in [-0.1, -0.05) is 0 Å². The maximum atomic E-state index is 11.9. The zero-order valence-corrected chi connectivity index (χ0v) is 12.6. The van der Waals surface area contributed by atoms with Crippen molar-refractivity contribution in [3.05, 3.63) is 44.2 Å². The van der Waals surface area contributed by atoms with Gasteiger partial charge in [0.2, 0.25) is 5.91 Å². The molecule has 3 nitrogen and oxygen atoms in total. The molecule has 2 rings (SSSR count). The summed E-state index contributed by atoms with van der Waals surface area (Å²) in [6.45, 7) is 3.90. The molecule has 0 saturated carbocycles. The van der Waals surface area contributed by atoms with Gasteiger partial charge in [-0.05, 0) is 64.5 Å². The van der Waals surface area contributed by atoms with Crippen LogP contribution in [0.2, 0.25) is 0 Å². The molecule has 2 heterocycles. The first kappa shape index (κ1) is 13.2. The van der Waals surface area contributed by atoms with Gasteiger partial charge < -0.3 is 5.32 Å². The molecule has 0 bridgehead atoms. The molecular weight excluding hydrogens is 312 g/mol. The molecule has 1 N–H and O–H groups in total. The Bertz CT molecular complexity index is 560. The molecule has 0 aliphatic rings. The zero-order chi connectivity index (χ0) is 13.1. The second-order valence-corrected chi connectivity index (χ2v) is 6.35. The molecule has 0 spiro atoms. The number of pyridine rings is 1. The number of anilines is 1. The normalized spacial score (nSPS) is 10.4. The van der Waals surface area contributed by atoms with Crippen LogP contribution in [0.15, 0.2) is 27.4 Å². The minimum atomic E-state index is -0.0494. The van der Waals surface area contributed by atoms with Crippen LogP contribution in [0.5, 0.6) is 0 Å². The summed E-state index contributed by atoms with van der Waals surface area (Å²) in [5, 5.41) is 4.78. The number of halogens is 1. The molecule has 0 fully saturated rings. The lowest BCUT2D eigenvalue weighted by Crippen LogP contribution is -2.15. The molecule has 0 aromatic carbocycles. The average Bonchev–Trinajstić information content (AvgIpc) is 2.62. The Morgan fingerprint density at radius 1 is 1.44 bits per heavy atom. The second-order valence-electron chi connectivity index (χ2n) is 4.12. The molecule has 0 unspecified atom stereocenters. The molecule has 94 valence electrons. The molecule has 0 saturated heterocycles. The van der Waals surface area contributed by atoms with Crippen molar-refractivity contribution in [2.24, 2.45) is 0 Å². The van der Waals surface area contributed by atoms with Gasteiger partial charge in [0.05, 0.1) is 10.2 Å². The Hall–Kier alpha value is -1.20. The maximum Gasteiger partial charge on any atom is 0.230 e. The number of carbonyl (C=O) groups excluding carboxylic acids is 1. The van der Waals surface area contributed by atoms with Crippen LogP contribution in [0.1, 0.15) is 16.8 Å². The largest absolute Gasteiger partial charge is 0.310 e. The lowest BCUT2D eigenvalue weighted by atomic mass is 10.2. The fourth-order valence-electron chi connectivity index (χ4n) is 1.71. The Labute approximate surface area is 118 Å². The van der Waals surface area contributed by atoms with Crippen molar-refractivity contribution in [1.29, 1.82) is 0 Å². The van der Waals surface area contributed by atoms with E-state index >= 15 is 0 Å². The van der Waals surface area contributed by atoms with Crippen molar-refractivity contribution >= 4 is 39.0 Å². The van der Waals surface area contributed by atoms with Gasteiger partial charge in [0.1, 0.15) is 5.82 Å². The summed E-state index contributed by atoms with van der Waals surface area (Å²) in [4.78, 5) is 16.2. The summed E-state index contributed by atoms with van der Waals surface area (Å²) in [5.41, 5.74) is 3.00. The average molecular weight is 325 g/mol. The van der Waals surface area contributed by atoms with Crippen molar-refractivity contribution in [2.75, 3.05) is 5.32 Å². The van der Waals surface area contributed by atoms with E-state index < -0.39 is 0 Å². The Morgan fingerprint density at radius 2 is 2.22 bits per heavy atom. The predicted octanol–water partition coefficient (Wildman–Crippen LogP) is 3.70. The number of thiophene rings is 1. The van der Waals surface area contributed by atoms with E-state index in [1.807, 2.05) is 37.4 Å². The second kappa shape index (κ2) is 5.63. The van der Waals surface area contributed by atoms with Gasteiger partial charge in [-0.25, -0.2) is 4.98 Å². The fraction of sp³-hybridized carbons (Fsp3) is 0.231. The standard InChI is InChI=1S/C13H13BrN2OS/c1-8-5-9(2)15-11(6-8)16-12(17)7-10-3-4-18-13(10)14/h3-6H,7H2,1-2H3,(H,15,16,17). The van der Waals surface area contributed by atoms with Gasteiger partial charge in [0.25, 0.3) is 0 Å². The number of rotatable bonds is 3. The Balaban J connectivity index is 2.05. The fourth-order valence-corrected chi connectivity index (χ4v) is 2.95. The highest BCUT2D eigenvalue weighted by atomic mass is 79.9. The third kappa shape index (κ3) is 3.40. The van der Waals surface area contributed by atoms with Gasteiger partial charge in [-0.2, -0.15) is 0 Å². The summed E-state index contributed by atoms with van der Waals surface area (Å²) in [6.07, 6.45) is 0.360. The van der Waals surface area contributed by atoms with Crippen LogP contribution in [-0.4, -0.2) is 10.9 Å². The highest BCUT2D eigenvalue weighted by molar-refractivity contribution is 9.11. The number of nitrogens with one attached hydrogen (secondary N) is 1. The summed E-state index contributed by atoms with van der Waals surface area (Å²) < 4.78 is 1.01. The Kier molecular flexibility index (Phi) is 4.14. The number of nitrogens with zero attached hydrogens (tertiary/aromatic N) is 1. The van der Waals surface area contributed by atoms with E-state index in [9.17, 15) is 4.79 Å². The number of amides is 1. The lowest BCUT2D eigenvalue weighted by molar-refractivity contribution is -0.115. The maximum absolute atomic E-state index is 11.9. The van der Waals surface area contributed by atoms with E-state index in [-0.39, 0.29) is 5.91 Å². The van der Waals surface area contributed by atoms with Crippen LogP contribution < -0.4 is 5.32 Å². The van der Waals surface area contributed by atoms with Crippen LogP contribution in [-0.2, 0) is 11.2 Å². The molecule has 2 aromatic heterocycles. The molecule has 18 heavy (non-hydrogen) atoms. The van der Waals surface area contributed by atoms with Crippen LogP contribution in [0.3, 0.4) is 0 Å². The minimum Gasteiger partial charge on any atom is -0.310 e. The summed E-state index contributed by atoms with van der Waals surface area (Å²) >= 11 is 5.00. The van der Waals surface area contributed by atoms with E-state index in [2.05, 4.69) is 26.2 Å². The van der Waals surface area contributed by atoms with Gasteiger partial charge in [0, 0.05) is 5.69 Å². The topological polar surface area (TPSA) is 42.0 Å². The molecule has 5 heteroatoms. The van der Waals surface area contributed by atoms with Crippen molar-refractivity contribution in [1.82, 2.24) is 4.98 Å². The third-order valence-electron chi connectivity index (χ3n) is 2.41. The minimum absolute atomic E-state index is 0.0494. The van der Waals surface area contributed by atoms with E-state index in [0.29, 0.717) is 12.2 Å². The smallest absolute Gasteiger partial charge is 0.230 e. The summed E-state index contributed by atoms with van der Waals surface area (Å²) in [7, 11) is 0. The molecule has 0 aliphatic carbocycles. The molecule has 2 aromatic rings. The first-order valence-corrected chi connectivity index (χ1v) is 7.19. The van der Waals surface area contributed by atoms with Crippen molar-refractivity contribution in [3.63, 3.8) is 0 Å². The third-order valence-corrected chi connectivity index (χ3v) is 4.22. The summed E-state index contributed by atoms with van der Waals surface area (Å²) in [6, 6.07) is 5.79. The van der Waals surface area contributed by atoms with E-state index in [4.69, 9.17) is 0 Å². The van der Waals surface area contributed by atoms with Gasteiger partial charge in [-0.15, -0.1) is 11.3 Å². The number of aromatic nitrogens is 1. The zero-order valence-electron chi connectivity index (χ0n) is 10.2. The van der Waals surface area contributed by atoms with E-state index in [0.717, 1.165) is 20.6 Å². The van der Waals surface area contributed by atoms with Gasteiger partial charge in [-0.3, -0.25) is 4.79 Å². The Morgan fingerprint density at radius 3 is 2.83 bits per heavy atom. The van der Waals surface area contributed by atoms with Crippen LogP contribution in [0.25, 0.3) is 0 Å². The molecule has 0 aliphatic heterocycles. The number of hydrogen-bond acceptors (Lipinski definition) is 3. The van der Waals surface area contributed by atoms with Crippen LogP contribution in [0, 0.1) is 13.8 Å². The lowest BCUT2D eigenvalue weighted by Gasteiger charge is -2.06. The SMILES string of the molecule is Cc1cc(C)nc(NC(=O)Cc2ccsc2Br)c1. The summed E-state index contributed by atoms with van der Waals surface area (Å²) in [5.74, 6) is 0.565. The van der Waals surface area contributed by atoms with Crippen molar-refractivity contribution in [2.45, 2.75) is 20.3 Å².